The molecule has 1 aromatic carbocycles. The fourth-order valence-electron chi connectivity index (χ4n) is 2.08. The van der Waals surface area contributed by atoms with E-state index >= 15 is 0 Å². The minimum atomic E-state index is -1.01. The number of benzene rings is 1. The number of halogens is 2. The van der Waals surface area contributed by atoms with E-state index in [0.29, 0.717) is 16.6 Å². The second kappa shape index (κ2) is 5.12. The van der Waals surface area contributed by atoms with Crippen LogP contribution in [0.25, 0.3) is 0 Å². The van der Waals surface area contributed by atoms with Crippen LogP contribution in [0.15, 0.2) is 18.2 Å². The molecule has 0 spiro atoms. The Kier molecular flexibility index (Phi) is 3.76. The van der Waals surface area contributed by atoms with E-state index in [1.807, 2.05) is 6.07 Å². The van der Waals surface area contributed by atoms with Crippen molar-refractivity contribution in [3.63, 3.8) is 0 Å². The van der Waals surface area contributed by atoms with Crippen LogP contribution < -0.4 is 10.6 Å². The van der Waals surface area contributed by atoms with E-state index < -0.39 is 6.09 Å². The third-order valence-corrected chi connectivity index (χ3v) is 3.63. The first-order valence-corrected chi connectivity index (χ1v) is 5.98. The fraction of sp³-hybridized carbons (Fsp3) is 0.364. The highest BCUT2D eigenvalue weighted by Crippen LogP contribution is 2.29. The molecule has 92 valence electrons. The Morgan fingerprint density at radius 3 is 2.76 bits per heavy atom. The molecule has 1 saturated heterocycles. The lowest BCUT2D eigenvalue weighted by atomic mass is 9.94. The van der Waals surface area contributed by atoms with Crippen molar-refractivity contribution in [3.05, 3.63) is 33.8 Å². The summed E-state index contributed by atoms with van der Waals surface area (Å²) in [6.45, 7) is 1.35. The number of rotatable bonds is 2. The highest BCUT2D eigenvalue weighted by atomic mass is 35.5. The van der Waals surface area contributed by atoms with Crippen LogP contribution in [-0.4, -0.2) is 30.3 Å². The first kappa shape index (κ1) is 12.5. The SMILES string of the molecule is O=C(O)NC1CNCC1c1ccc(Cl)c(Cl)c1. The van der Waals surface area contributed by atoms with Crippen molar-refractivity contribution in [2.24, 2.45) is 0 Å². The second-order valence-electron chi connectivity index (χ2n) is 3.99. The normalized spacial score (nSPS) is 23.6. The molecule has 1 aliphatic rings. The summed E-state index contributed by atoms with van der Waals surface area (Å²) in [5, 5.41) is 15.4. The Bertz CT molecular complexity index is 439. The van der Waals surface area contributed by atoms with Crippen LogP contribution in [0.5, 0.6) is 0 Å². The van der Waals surface area contributed by atoms with Gasteiger partial charge >= 0.3 is 6.09 Å². The van der Waals surface area contributed by atoms with Gasteiger partial charge in [0.15, 0.2) is 0 Å². The van der Waals surface area contributed by atoms with Crippen LogP contribution in [0.1, 0.15) is 11.5 Å². The molecule has 0 radical (unpaired) electrons. The summed E-state index contributed by atoms with van der Waals surface area (Å²) in [4.78, 5) is 10.7. The molecule has 0 aromatic heterocycles. The Labute approximate surface area is 109 Å². The van der Waals surface area contributed by atoms with Gasteiger partial charge < -0.3 is 15.7 Å². The van der Waals surface area contributed by atoms with Crippen molar-refractivity contribution in [1.82, 2.24) is 10.6 Å². The number of nitrogens with one attached hydrogen (secondary N) is 2. The molecule has 17 heavy (non-hydrogen) atoms. The third-order valence-electron chi connectivity index (χ3n) is 2.89. The molecule has 2 atom stereocenters. The van der Waals surface area contributed by atoms with Gasteiger partial charge in [0.1, 0.15) is 0 Å². The molecule has 2 rings (SSSR count). The summed E-state index contributed by atoms with van der Waals surface area (Å²) in [7, 11) is 0. The molecule has 3 N–H and O–H groups in total. The van der Waals surface area contributed by atoms with Gasteiger partial charge in [0.2, 0.25) is 0 Å². The second-order valence-corrected chi connectivity index (χ2v) is 4.81. The first-order chi connectivity index (χ1) is 8.08. The monoisotopic (exact) mass is 274 g/mol. The largest absolute Gasteiger partial charge is 0.465 e. The molecular formula is C11H12Cl2N2O2. The van der Waals surface area contributed by atoms with Crippen LogP contribution in [0.2, 0.25) is 10.0 Å². The Morgan fingerprint density at radius 2 is 2.12 bits per heavy atom. The van der Waals surface area contributed by atoms with Crippen LogP contribution >= 0.6 is 23.2 Å². The topological polar surface area (TPSA) is 61.4 Å². The Balaban J connectivity index is 2.20. The van der Waals surface area contributed by atoms with Crippen LogP contribution in [-0.2, 0) is 0 Å². The molecule has 6 heteroatoms. The maximum absolute atomic E-state index is 10.7. The third kappa shape index (κ3) is 2.83. The molecule has 1 fully saturated rings. The number of carbonyl (C=O) groups is 1. The van der Waals surface area contributed by atoms with Gasteiger partial charge in [-0.25, -0.2) is 4.79 Å². The summed E-state index contributed by atoms with van der Waals surface area (Å²) in [5.41, 5.74) is 0.989. The Morgan fingerprint density at radius 1 is 1.35 bits per heavy atom. The zero-order valence-electron chi connectivity index (χ0n) is 8.91. The molecule has 1 heterocycles. The molecular weight excluding hydrogens is 263 g/mol. The number of amides is 1. The lowest BCUT2D eigenvalue weighted by Gasteiger charge is -2.19. The molecule has 0 saturated carbocycles. The van der Waals surface area contributed by atoms with Gasteiger partial charge in [-0.1, -0.05) is 29.3 Å². The lowest BCUT2D eigenvalue weighted by molar-refractivity contribution is 0.189. The maximum atomic E-state index is 10.7. The van der Waals surface area contributed by atoms with Crippen molar-refractivity contribution in [3.8, 4) is 0 Å². The zero-order chi connectivity index (χ0) is 12.4. The van der Waals surface area contributed by atoms with Gasteiger partial charge in [-0.05, 0) is 17.7 Å². The van der Waals surface area contributed by atoms with E-state index in [9.17, 15) is 4.79 Å². The summed E-state index contributed by atoms with van der Waals surface area (Å²) < 4.78 is 0. The lowest BCUT2D eigenvalue weighted by Crippen LogP contribution is -2.38. The quantitative estimate of drug-likeness (QED) is 0.776. The highest BCUT2D eigenvalue weighted by molar-refractivity contribution is 6.42. The number of carboxylic acid groups (broad SMARTS) is 1. The van der Waals surface area contributed by atoms with E-state index in [-0.39, 0.29) is 12.0 Å². The molecule has 2 unspecified atom stereocenters. The summed E-state index contributed by atoms with van der Waals surface area (Å²) in [6.07, 6.45) is -1.01. The van der Waals surface area contributed by atoms with Gasteiger partial charge in [-0.15, -0.1) is 0 Å². The average Bonchev–Trinajstić information content (AvgIpc) is 2.69. The van der Waals surface area contributed by atoms with Crippen LogP contribution in [0, 0.1) is 0 Å². The summed E-state index contributed by atoms with van der Waals surface area (Å²) >= 11 is 11.8. The molecule has 1 aromatic rings. The number of hydrogen-bond donors (Lipinski definition) is 3. The van der Waals surface area contributed by atoms with Crippen LogP contribution in [0.3, 0.4) is 0 Å². The van der Waals surface area contributed by atoms with E-state index in [4.69, 9.17) is 28.3 Å². The van der Waals surface area contributed by atoms with Gasteiger partial charge in [0.25, 0.3) is 0 Å². The summed E-state index contributed by atoms with van der Waals surface area (Å²) in [6, 6.07) is 5.26. The molecule has 0 aliphatic carbocycles. The molecule has 4 nitrogen and oxygen atoms in total. The molecule has 0 bridgehead atoms. The highest BCUT2D eigenvalue weighted by Gasteiger charge is 2.29. The van der Waals surface area contributed by atoms with Crippen molar-refractivity contribution >= 4 is 29.3 Å². The van der Waals surface area contributed by atoms with Gasteiger partial charge in [0.05, 0.1) is 16.1 Å². The van der Waals surface area contributed by atoms with Gasteiger partial charge in [0, 0.05) is 19.0 Å². The van der Waals surface area contributed by atoms with Crippen molar-refractivity contribution < 1.29 is 9.90 Å². The van der Waals surface area contributed by atoms with Gasteiger partial charge in [-0.2, -0.15) is 0 Å². The van der Waals surface area contributed by atoms with E-state index in [1.165, 1.54) is 0 Å². The van der Waals surface area contributed by atoms with Crippen LogP contribution in [0.4, 0.5) is 4.79 Å². The maximum Gasteiger partial charge on any atom is 0.404 e. The van der Waals surface area contributed by atoms with Crippen molar-refractivity contribution in [2.45, 2.75) is 12.0 Å². The van der Waals surface area contributed by atoms with E-state index in [1.54, 1.807) is 12.1 Å². The van der Waals surface area contributed by atoms with Crippen molar-refractivity contribution in [1.29, 1.82) is 0 Å². The Hall–Kier alpha value is -0.970. The first-order valence-electron chi connectivity index (χ1n) is 5.23. The fourth-order valence-corrected chi connectivity index (χ4v) is 2.39. The minimum absolute atomic E-state index is 0.0841. The van der Waals surface area contributed by atoms with E-state index in [0.717, 1.165) is 12.1 Å². The minimum Gasteiger partial charge on any atom is -0.465 e. The smallest absolute Gasteiger partial charge is 0.404 e. The predicted molar refractivity (Wildman–Crippen MR) is 67.0 cm³/mol. The van der Waals surface area contributed by atoms with E-state index in [2.05, 4.69) is 10.6 Å². The average molecular weight is 275 g/mol. The van der Waals surface area contributed by atoms with Crippen molar-refractivity contribution in [2.75, 3.05) is 13.1 Å². The number of hydrogen-bond acceptors (Lipinski definition) is 2. The predicted octanol–water partition coefficient (Wildman–Crippen LogP) is 2.32. The standard InChI is InChI=1S/C11H12Cl2N2O2/c12-8-2-1-6(3-9(8)13)7-4-14-5-10(7)15-11(16)17/h1-3,7,10,14-15H,4-5H2,(H,16,17). The zero-order valence-corrected chi connectivity index (χ0v) is 10.4. The molecule has 1 aliphatic heterocycles. The van der Waals surface area contributed by atoms with Gasteiger partial charge in [-0.3, -0.25) is 0 Å². The molecule has 1 amide bonds. The summed E-state index contributed by atoms with van der Waals surface area (Å²) in [5.74, 6) is 0.0841.